The molecule has 2 rings (SSSR count). The first-order valence-electron chi connectivity index (χ1n) is 5.26. The molecule has 0 aliphatic rings. The third-order valence-electron chi connectivity index (χ3n) is 2.24. The number of fused-ring (bicyclic) bond motifs is 1. The molecular formula is C9H13N5O3S. The summed E-state index contributed by atoms with van der Waals surface area (Å²) in [5.74, 6) is 0.176. The predicted molar refractivity (Wildman–Crippen MR) is 65.6 cm³/mol. The summed E-state index contributed by atoms with van der Waals surface area (Å²) in [4.78, 5) is 14.5. The number of hydrogen-bond acceptors (Lipinski definition) is 6. The van der Waals surface area contributed by atoms with Crippen LogP contribution in [-0.4, -0.2) is 47.8 Å². The molecule has 0 fully saturated rings. The number of nitrogens with zero attached hydrogens (tertiary/aromatic N) is 3. The van der Waals surface area contributed by atoms with Crippen LogP contribution in [-0.2, 0) is 14.8 Å². The van der Waals surface area contributed by atoms with Crippen LogP contribution in [0.1, 0.15) is 6.42 Å². The van der Waals surface area contributed by atoms with Gasteiger partial charge in [-0.1, -0.05) is 0 Å². The molecule has 0 aliphatic heterocycles. The molecule has 2 aromatic rings. The average molecular weight is 271 g/mol. The summed E-state index contributed by atoms with van der Waals surface area (Å²) in [6.45, 7) is 0.393. The number of hydrogen-bond donors (Lipinski definition) is 2. The third-order valence-corrected chi connectivity index (χ3v) is 3.57. The molecule has 0 saturated heterocycles. The zero-order valence-electron chi connectivity index (χ0n) is 9.75. The van der Waals surface area contributed by atoms with Crippen LogP contribution >= 0.6 is 0 Å². The molecule has 0 unspecified atom stereocenters. The minimum absolute atomic E-state index is 0.0273. The van der Waals surface area contributed by atoms with Crippen LogP contribution in [0.25, 0.3) is 11.2 Å². The molecule has 0 radical (unpaired) electrons. The lowest BCUT2D eigenvalue weighted by Crippen LogP contribution is -2.18. The molecule has 98 valence electrons. The summed E-state index contributed by atoms with van der Waals surface area (Å²) in [5.41, 5.74) is 0.882. The van der Waals surface area contributed by atoms with Crippen LogP contribution in [0.5, 0.6) is 0 Å². The van der Waals surface area contributed by atoms with Crippen molar-refractivity contribution in [3.05, 3.63) is 12.7 Å². The van der Waals surface area contributed by atoms with Gasteiger partial charge in [-0.3, -0.25) is 4.72 Å². The van der Waals surface area contributed by atoms with Gasteiger partial charge in [-0.05, 0) is 6.42 Å². The summed E-state index contributed by atoms with van der Waals surface area (Å²) in [7, 11) is -1.92. The highest BCUT2D eigenvalue weighted by Crippen LogP contribution is 2.15. The van der Waals surface area contributed by atoms with Crippen molar-refractivity contribution < 1.29 is 13.2 Å². The van der Waals surface area contributed by atoms with E-state index >= 15 is 0 Å². The molecular weight excluding hydrogens is 258 g/mol. The van der Waals surface area contributed by atoms with E-state index < -0.39 is 10.0 Å². The topological polar surface area (TPSA) is 110 Å². The van der Waals surface area contributed by atoms with Crippen LogP contribution in [0.4, 0.5) is 5.82 Å². The van der Waals surface area contributed by atoms with E-state index in [1.165, 1.54) is 19.8 Å². The summed E-state index contributed by atoms with van der Waals surface area (Å²) in [6.07, 6.45) is 3.11. The van der Waals surface area contributed by atoms with Gasteiger partial charge >= 0.3 is 0 Å². The number of imidazole rings is 1. The number of rotatable bonds is 6. The van der Waals surface area contributed by atoms with E-state index in [-0.39, 0.29) is 11.6 Å². The Morgan fingerprint density at radius 2 is 2.22 bits per heavy atom. The van der Waals surface area contributed by atoms with Crippen LogP contribution in [0, 0.1) is 0 Å². The van der Waals surface area contributed by atoms with Crippen molar-refractivity contribution in [1.29, 1.82) is 0 Å². The fraction of sp³-hybridized carbons (Fsp3) is 0.444. The van der Waals surface area contributed by atoms with E-state index in [4.69, 9.17) is 4.74 Å². The van der Waals surface area contributed by atoms with Crippen molar-refractivity contribution in [3.63, 3.8) is 0 Å². The Hall–Kier alpha value is -1.74. The maximum absolute atomic E-state index is 11.8. The van der Waals surface area contributed by atoms with Gasteiger partial charge in [0.1, 0.15) is 11.8 Å². The standard InChI is InChI=1S/C9H13N5O3S/c1-17-3-2-4-18(15,16)14-9-7-8(11-5-10-7)12-6-13-9/h5-6H,2-4H2,1H3,(H2,10,11,12,13,14). The number of aromatic amines is 1. The Kier molecular flexibility index (Phi) is 3.72. The minimum atomic E-state index is -3.44. The van der Waals surface area contributed by atoms with Crippen molar-refractivity contribution in [2.45, 2.75) is 6.42 Å². The van der Waals surface area contributed by atoms with E-state index in [1.807, 2.05) is 0 Å². The van der Waals surface area contributed by atoms with Gasteiger partial charge in [0.15, 0.2) is 11.5 Å². The first kappa shape index (κ1) is 12.7. The van der Waals surface area contributed by atoms with Crippen molar-refractivity contribution in [2.24, 2.45) is 0 Å². The highest BCUT2D eigenvalue weighted by atomic mass is 32.2. The Morgan fingerprint density at radius 3 is 3.00 bits per heavy atom. The minimum Gasteiger partial charge on any atom is -0.385 e. The molecule has 2 N–H and O–H groups in total. The lowest BCUT2D eigenvalue weighted by molar-refractivity contribution is 0.199. The van der Waals surface area contributed by atoms with E-state index in [9.17, 15) is 8.42 Å². The van der Waals surface area contributed by atoms with Crippen molar-refractivity contribution in [1.82, 2.24) is 19.9 Å². The van der Waals surface area contributed by atoms with Gasteiger partial charge in [0.05, 0.1) is 12.1 Å². The highest BCUT2D eigenvalue weighted by Gasteiger charge is 2.14. The lowest BCUT2D eigenvalue weighted by atomic mass is 10.5. The predicted octanol–water partition coefficient (Wildman–Crippen LogP) is 0.131. The molecule has 0 saturated carbocycles. The molecule has 0 aromatic carbocycles. The molecule has 2 heterocycles. The SMILES string of the molecule is COCCCS(=O)(=O)Nc1ncnc2nc[nH]c12. The highest BCUT2D eigenvalue weighted by molar-refractivity contribution is 7.92. The fourth-order valence-corrected chi connectivity index (χ4v) is 2.48. The molecule has 9 heteroatoms. The van der Waals surface area contributed by atoms with Gasteiger partial charge in [0.2, 0.25) is 10.0 Å². The lowest BCUT2D eigenvalue weighted by Gasteiger charge is -2.06. The van der Waals surface area contributed by atoms with E-state index in [0.717, 1.165) is 0 Å². The van der Waals surface area contributed by atoms with Crippen molar-refractivity contribution in [2.75, 3.05) is 24.2 Å². The molecule has 18 heavy (non-hydrogen) atoms. The smallest absolute Gasteiger partial charge is 0.234 e. The normalized spacial score (nSPS) is 11.8. The molecule has 0 spiro atoms. The van der Waals surface area contributed by atoms with Crippen LogP contribution in [0.3, 0.4) is 0 Å². The first-order valence-corrected chi connectivity index (χ1v) is 6.91. The number of sulfonamides is 1. The van der Waals surface area contributed by atoms with E-state index in [0.29, 0.717) is 24.2 Å². The molecule has 8 nitrogen and oxygen atoms in total. The number of ether oxygens (including phenoxy) is 1. The fourth-order valence-electron chi connectivity index (χ4n) is 1.43. The molecule has 0 atom stereocenters. The second-order valence-electron chi connectivity index (χ2n) is 3.59. The first-order chi connectivity index (χ1) is 8.62. The maximum Gasteiger partial charge on any atom is 0.234 e. The molecule has 0 aliphatic carbocycles. The molecule has 0 amide bonds. The average Bonchev–Trinajstić information content (AvgIpc) is 2.78. The van der Waals surface area contributed by atoms with E-state index in [2.05, 4.69) is 24.7 Å². The van der Waals surface area contributed by atoms with Gasteiger partial charge in [0, 0.05) is 13.7 Å². The Labute approximate surface area is 104 Å². The number of anilines is 1. The van der Waals surface area contributed by atoms with Gasteiger partial charge in [-0.25, -0.2) is 23.4 Å². The summed E-state index contributed by atoms with van der Waals surface area (Å²) in [5, 5.41) is 0. The quantitative estimate of drug-likeness (QED) is 0.723. The zero-order chi connectivity index (χ0) is 13.0. The molecule has 0 bridgehead atoms. The Morgan fingerprint density at radius 1 is 1.39 bits per heavy atom. The third kappa shape index (κ3) is 2.93. The van der Waals surface area contributed by atoms with Gasteiger partial charge in [-0.15, -0.1) is 0 Å². The Balaban J connectivity index is 2.15. The second kappa shape index (κ2) is 5.27. The van der Waals surface area contributed by atoms with Crippen LogP contribution in [0.2, 0.25) is 0 Å². The molecule has 2 aromatic heterocycles. The monoisotopic (exact) mass is 271 g/mol. The van der Waals surface area contributed by atoms with Crippen molar-refractivity contribution >= 4 is 27.0 Å². The number of H-pyrrole nitrogens is 1. The van der Waals surface area contributed by atoms with E-state index in [1.54, 1.807) is 0 Å². The second-order valence-corrected chi connectivity index (χ2v) is 5.43. The van der Waals surface area contributed by atoms with Crippen LogP contribution in [0.15, 0.2) is 12.7 Å². The van der Waals surface area contributed by atoms with Crippen molar-refractivity contribution in [3.8, 4) is 0 Å². The number of aromatic nitrogens is 4. The summed E-state index contributed by atoms with van der Waals surface area (Å²) < 4.78 is 30.8. The Bertz CT molecular complexity index is 624. The van der Waals surface area contributed by atoms with Gasteiger partial charge in [-0.2, -0.15) is 0 Å². The van der Waals surface area contributed by atoms with Gasteiger partial charge < -0.3 is 9.72 Å². The van der Waals surface area contributed by atoms with Crippen LogP contribution < -0.4 is 4.72 Å². The van der Waals surface area contributed by atoms with Gasteiger partial charge in [0.25, 0.3) is 0 Å². The largest absolute Gasteiger partial charge is 0.385 e. The number of nitrogens with one attached hydrogen (secondary N) is 2. The summed E-state index contributed by atoms with van der Waals surface area (Å²) in [6, 6.07) is 0. The zero-order valence-corrected chi connectivity index (χ0v) is 10.6. The number of methoxy groups -OCH3 is 1. The maximum atomic E-state index is 11.8. The summed E-state index contributed by atoms with van der Waals surface area (Å²) >= 11 is 0.